The lowest BCUT2D eigenvalue weighted by Crippen LogP contribution is -2.26. The zero-order chi connectivity index (χ0) is 19.5. The summed E-state index contributed by atoms with van der Waals surface area (Å²) in [7, 11) is 0. The molecule has 144 valence electrons. The number of carbonyl (C=O) groups excluding carboxylic acids is 1. The summed E-state index contributed by atoms with van der Waals surface area (Å²) in [6.45, 7) is 5.89. The number of rotatable bonds is 6. The van der Waals surface area contributed by atoms with Gasteiger partial charge in [0, 0.05) is 23.5 Å². The highest BCUT2D eigenvalue weighted by Crippen LogP contribution is 2.28. The summed E-state index contributed by atoms with van der Waals surface area (Å²) in [4.78, 5) is 13.3. The molecule has 0 bridgehead atoms. The van der Waals surface area contributed by atoms with Crippen molar-refractivity contribution in [1.29, 1.82) is 0 Å². The fraction of sp³-hybridized carbons (Fsp3) is 0.286. The highest BCUT2D eigenvalue weighted by molar-refractivity contribution is 7.99. The van der Waals surface area contributed by atoms with E-state index in [0.29, 0.717) is 19.7 Å². The summed E-state index contributed by atoms with van der Waals surface area (Å²) < 4.78 is 7.07. The minimum Gasteiger partial charge on any atom is -0.448 e. The van der Waals surface area contributed by atoms with Crippen molar-refractivity contribution in [2.75, 3.05) is 25.4 Å². The van der Waals surface area contributed by atoms with Crippen molar-refractivity contribution in [3.8, 4) is 17.1 Å². The molecule has 0 saturated carbocycles. The lowest BCUT2D eigenvalue weighted by atomic mass is 10.1. The van der Waals surface area contributed by atoms with Gasteiger partial charge in [-0.2, -0.15) is 0 Å². The molecule has 6 nitrogen and oxygen atoms in total. The van der Waals surface area contributed by atoms with E-state index in [0.717, 1.165) is 28.0 Å². The molecule has 1 aromatic heterocycles. The molecule has 1 aliphatic heterocycles. The number of ether oxygens (including phenoxy) is 1. The first-order chi connectivity index (χ1) is 13.6. The Bertz CT molecular complexity index is 967. The number of hydrogen-bond donors (Lipinski definition) is 0. The normalized spacial score (nSPS) is 13.8. The van der Waals surface area contributed by atoms with Crippen LogP contribution in [0.2, 0.25) is 0 Å². The average molecular weight is 395 g/mol. The molecule has 2 aromatic carbocycles. The van der Waals surface area contributed by atoms with Crippen LogP contribution in [0.25, 0.3) is 17.1 Å². The Labute approximate surface area is 168 Å². The van der Waals surface area contributed by atoms with Gasteiger partial charge >= 0.3 is 6.09 Å². The predicted octanol–water partition coefficient (Wildman–Crippen LogP) is 4.10. The Kier molecular flexibility index (Phi) is 5.34. The maximum Gasteiger partial charge on any atom is 0.409 e. The Morgan fingerprint density at radius 3 is 2.32 bits per heavy atom. The van der Waals surface area contributed by atoms with Gasteiger partial charge in [0.25, 0.3) is 0 Å². The van der Waals surface area contributed by atoms with Crippen molar-refractivity contribution in [2.45, 2.75) is 19.0 Å². The van der Waals surface area contributed by atoms with E-state index in [9.17, 15) is 4.79 Å². The van der Waals surface area contributed by atoms with Crippen LogP contribution in [0.4, 0.5) is 4.79 Å². The number of nitrogens with zero attached hydrogens (tertiary/aromatic N) is 4. The van der Waals surface area contributed by atoms with Crippen molar-refractivity contribution in [3.63, 3.8) is 0 Å². The third-order valence-electron chi connectivity index (χ3n) is 4.67. The minimum atomic E-state index is -0.235. The number of benzene rings is 2. The van der Waals surface area contributed by atoms with Gasteiger partial charge in [0.1, 0.15) is 6.61 Å². The van der Waals surface area contributed by atoms with E-state index >= 15 is 0 Å². The summed E-state index contributed by atoms with van der Waals surface area (Å²) in [6, 6.07) is 16.6. The van der Waals surface area contributed by atoms with Crippen molar-refractivity contribution in [2.24, 2.45) is 0 Å². The molecule has 2 heterocycles. The molecule has 28 heavy (non-hydrogen) atoms. The van der Waals surface area contributed by atoms with E-state index in [1.807, 2.05) is 0 Å². The molecule has 0 atom stereocenters. The third kappa shape index (κ3) is 3.89. The zero-order valence-electron chi connectivity index (χ0n) is 16.0. The van der Waals surface area contributed by atoms with E-state index in [4.69, 9.17) is 4.74 Å². The summed E-state index contributed by atoms with van der Waals surface area (Å²) in [5.41, 5.74) is 4.45. The van der Waals surface area contributed by atoms with Gasteiger partial charge in [0.2, 0.25) is 0 Å². The number of thioether (sulfide) groups is 1. The molecule has 3 aromatic rings. The highest BCUT2D eigenvalue weighted by atomic mass is 32.2. The smallest absolute Gasteiger partial charge is 0.409 e. The van der Waals surface area contributed by atoms with Crippen LogP contribution in [0.5, 0.6) is 0 Å². The molecule has 1 fully saturated rings. The van der Waals surface area contributed by atoms with Crippen LogP contribution in [0.15, 0.2) is 53.7 Å². The Morgan fingerprint density at radius 2 is 1.68 bits per heavy atom. The van der Waals surface area contributed by atoms with Crippen molar-refractivity contribution in [1.82, 2.24) is 19.7 Å². The molecule has 0 aliphatic carbocycles. The molecule has 1 amide bonds. The van der Waals surface area contributed by atoms with Gasteiger partial charge in [-0.15, -0.1) is 10.2 Å². The van der Waals surface area contributed by atoms with Crippen molar-refractivity contribution >= 4 is 17.9 Å². The topological polar surface area (TPSA) is 60.2 Å². The fourth-order valence-electron chi connectivity index (χ4n) is 3.06. The van der Waals surface area contributed by atoms with Gasteiger partial charge in [-0.1, -0.05) is 59.3 Å². The maximum atomic E-state index is 11.6. The molecular weight excluding hydrogens is 372 g/mol. The van der Waals surface area contributed by atoms with Gasteiger partial charge in [-0.25, -0.2) is 4.79 Å². The molecule has 0 unspecified atom stereocenters. The third-order valence-corrected chi connectivity index (χ3v) is 5.58. The summed E-state index contributed by atoms with van der Waals surface area (Å²) in [6.07, 6.45) is -0.235. The molecular formula is C21H22N4O2S. The van der Waals surface area contributed by atoms with E-state index in [1.165, 1.54) is 11.1 Å². The van der Waals surface area contributed by atoms with Gasteiger partial charge < -0.3 is 9.64 Å². The second-order valence-corrected chi connectivity index (χ2v) is 7.86. The van der Waals surface area contributed by atoms with Crippen LogP contribution in [0.3, 0.4) is 0 Å². The Balaban J connectivity index is 1.62. The van der Waals surface area contributed by atoms with Crippen LogP contribution in [-0.4, -0.2) is 51.2 Å². The molecule has 1 saturated heterocycles. The molecule has 4 rings (SSSR count). The average Bonchev–Trinajstić information content (AvgIpc) is 3.30. The first kappa shape index (κ1) is 18.6. The maximum absolute atomic E-state index is 11.6. The van der Waals surface area contributed by atoms with E-state index in [1.54, 1.807) is 16.7 Å². The number of amides is 1. The van der Waals surface area contributed by atoms with Crippen LogP contribution in [-0.2, 0) is 4.74 Å². The van der Waals surface area contributed by atoms with Crippen LogP contribution < -0.4 is 0 Å². The standard InChI is InChI=1S/C21H22N4O2S/c1-15-3-7-17(8-4-15)19-22-23-20(25(19)18-9-5-16(2)6-10-18)28-14-12-24-11-13-27-21(24)26/h3-10H,11-14H2,1-2H3. The first-order valence-electron chi connectivity index (χ1n) is 9.26. The van der Waals surface area contributed by atoms with Gasteiger partial charge in [0.05, 0.1) is 6.54 Å². The Morgan fingerprint density at radius 1 is 1.00 bits per heavy atom. The second-order valence-electron chi connectivity index (χ2n) is 6.79. The Hall–Kier alpha value is -2.80. The quantitative estimate of drug-likeness (QED) is 0.589. The molecule has 1 aliphatic rings. The number of cyclic esters (lactones) is 1. The summed E-state index contributed by atoms with van der Waals surface area (Å²) >= 11 is 1.59. The van der Waals surface area contributed by atoms with E-state index < -0.39 is 0 Å². The summed E-state index contributed by atoms with van der Waals surface area (Å²) in [5, 5.41) is 9.72. The molecule has 7 heteroatoms. The fourth-order valence-corrected chi connectivity index (χ4v) is 3.97. The van der Waals surface area contributed by atoms with Gasteiger partial charge in [-0.05, 0) is 26.0 Å². The van der Waals surface area contributed by atoms with E-state index in [-0.39, 0.29) is 6.09 Å². The van der Waals surface area contributed by atoms with Crippen molar-refractivity contribution < 1.29 is 9.53 Å². The largest absolute Gasteiger partial charge is 0.448 e. The SMILES string of the molecule is Cc1ccc(-c2nnc(SCCN3CCOC3=O)n2-c2ccc(C)cc2)cc1. The minimum absolute atomic E-state index is 0.235. The highest BCUT2D eigenvalue weighted by Gasteiger charge is 2.22. The lowest BCUT2D eigenvalue weighted by Gasteiger charge is -2.13. The first-order valence-corrected chi connectivity index (χ1v) is 10.2. The number of aryl methyl sites for hydroxylation is 2. The molecule has 0 N–H and O–H groups in total. The number of hydrogen-bond acceptors (Lipinski definition) is 5. The van der Waals surface area contributed by atoms with Crippen LogP contribution in [0, 0.1) is 13.8 Å². The zero-order valence-corrected chi connectivity index (χ0v) is 16.8. The molecule has 0 spiro atoms. The number of carbonyl (C=O) groups is 1. The monoisotopic (exact) mass is 394 g/mol. The lowest BCUT2D eigenvalue weighted by molar-refractivity contribution is 0.160. The number of aromatic nitrogens is 3. The summed E-state index contributed by atoms with van der Waals surface area (Å²) in [5.74, 6) is 1.54. The second kappa shape index (κ2) is 8.06. The van der Waals surface area contributed by atoms with Gasteiger partial charge in [-0.3, -0.25) is 4.57 Å². The molecule has 0 radical (unpaired) electrons. The van der Waals surface area contributed by atoms with Crippen molar-refractivity contribution in [3.05, 3.63) is 59.7 Å². The van der Waals surface area contributed by atoms with Crippen LogP contribution in [0.1, 0.15) is 11.1 Å². The predicted molar refractivity (Wildman–Crippen MR) is 110 cm³/mol. The van der Waals surface area contributed by atoms with Crippen LogP contribution >= 0.6 is 11.8 Å². The van der Waals surface area contributed by atoms with Gasteiger partial charge in [0.15, 0.2) is 11.0 Å². The van der Waals surface area contributed by atoms with E-state index in [2.05, 4.69) is 77.1 Å².